The third kappa shape index (κ3) is 7.75. The molecule has 0 amide bonds. The van der Waals surface area contributed by atoms with Crippen LogP contribution >= 0.6 is 0 Å². The number of allylic oxidation sites excluding steroid dienone is 10. The van der Waals surface area contributed by atoms with Gasteiger partial charge in [0.2, 0.25) is 0 Å². The van der Waals surface area contributed by atoms with Gasteiger partial charge in [-0.15, -0.1) is 0 Å². The summed E-state index contributed by atoms with van der Waals surface area (Å²) >= 11 is 0. The Bertz CT molecular complexity index is 1270. The summed E-state index contributed by atoms with van der Waals surface area (Å²) in [4.78, 5) is 26.5. The van der Waals surface area contributed by atoms with Crippen molar-refractivity contribution < 1.29 is 19.2 Å². The van der Waals surface area contributed by atoms with Gasteiger partial charge in [-0.1, -0.05) is 71.3 Å². The van der Waals surface area contributed by atoms with Gasteiger partial charge in [0.25, 0.3) is 0 Å². The van der Waals surface area contributed by atoms with Crippen molar-refractivity contribution >= 4 is 11.6 Å². The second-order valence-electron chi connectivity index (χ2n) is 8.47. The molecule has 2 heteroatoms. The maximum absolute atomic E-state index is 13.3. The van der Waals surface area contributed by atoms with Gasteiger partial charge in [0, 0.05) is 26.4 Å². The van der Waals surface area contributed by atoms with Crippen molar-refractivity contribution in [1.82, 2.24) is 0 Å². The third-order valence-corrected chi connectivity index (χ3v) is 5.39. The first kappa shape index (κ1) is 16.8. The van der Waals surface area contributed by atoms with Crippen LogP contribution in [0.1, 0.15) is 110 Å². The van der Waals surface area contributed by atoms with E-state index in [2.05, 4.69) is 45.1 Å². The molecule has 0 saturated carbocycles. The van der Waals surface area contributed by atoms with Crippen molar-refractivity contribution in [3.05, 3.63) is 93.5 Å². The van der Waals surface area contributed by atoms with E-state index in [-0.39, 0.29) is 12.0 Å². The number of unbranched alkanes of at least 4 members (excludes halogenated alkanes) is 1. The fraction of sp³-hybridized carbons (Fsp3) is 0.400. The van der Waals surface area contributed by atoms with Crippen molar-refractivity contribution in [3.63, 3.8) is 0 Å². The molecule has 0 unspecified atom stereocenters. The number of carbonyl (C=O) groups is 2. The molecule has 0 bridgehead atoms. The van der Waals surface area contributed by atoms with Crippen LogP contribution in [0.2, 0.25) is 0 Å². The Morgan fingerprint density at radius 3 is 2.12 bits per heavy atom. The highest BCUT2D eigenvalue weighted by molar-refractivity contribution is 6.26. The van der Waals surface area contributed by atoms with Gasteiger partial charge in [0.05, 0.1) is 5.48 Å². The summed E-state index contributed by atoms with van der Waals surface area (Å²) in [7, 11) is 0. The predicted molar refractivity (Wildman–Crippen MR) is 136 cm³/mol. The van der Waals surface area contributed by atoms with E-state index in [1.807, 2.05) is 6.92 Å². The van der Waals surface area contributed by atoms with Crippen LogP contribution in [0.3, 0.4) is 0 Å². The molecule has 2 rings (SSSR count). The molecule has 0 radical (unpaired) electrons. The molecule has 0 spiro atoms. The lowest BCUT2D eigenvalue weighted by Crippen LogP contribution is -2.20. The van der Waals surface area contributed by atoms with E-state index in [0.717, 1.165) is 37.7 Å². The number of carbonyl (C=O) groups excluding carboxylic acids is 2. The summed E-state index contributed by atoms with van der Waals surface area (Å²) in [6.45, 7) is 5.33. The second kappa shape index (κ2) is 13.0. The minimum absolute atomic E-state index is 0.104. The van der Waals surface area contributed by atoms with Crippen LogP contribution in [0, 0.1) is 0 Å². The van der Waals surface area contributed by atoms with Gasteiger partial charge in [0.1, 0.15) is 0 Å². The monoisotopic (exact) mass is 437 g/mol. The molecule has 32 heavy (non-hydrogen) atoms. The molecule has 0 atom stereocenters. The number of hydrogen-bond donors (Lipinski definition) is 0. The number of Topliss-reactive ketones (excluding diaryl/α,β-unsaturated/α-hetero) is 2. The molecule has 0 fully saturated rings. The normalized spacial score (nSPS) is 18.4. The van der Waals surface area contributed by atoms with Crippen LogP contribution in [0.5, 0.6) is 0 Å². The predicted octanol–water partition coefficient (Wildman–Crippen LogP) is 8.53. The average molecular weight is 438 g/mol. The minimum atomic E-state index is -2.90. The topological polar surface area (TPSA) is 34.1 Å². The van der Waals surface area contributed by atoms with Gasteiger partial charge < -0.3 is 0 Å². The SMILES string of the molecule is [2H]c1c([2H])c([2H])c2c(c1[2H])C(=O)C(C/C=C(\C)CC/C=C/CC/C=C(\C)CCC=C(C)C)=C(C([2H])([2H])[2H])C2=O. The van der Waals surface area contributed by atoms with E-state index in [1.54, 1.807) is 6.08 Å². The largest absolute Gasteiger partial charge is 0.289 e. The molecule has 0 aliphatic heterocycles. The molecule has 0 N–H and O–H groups in total. The van der Waals surface area contributed by atoms with Crippen LogP contribution in [0.4, 0.5) is 0 Å². The van der Waals surface area contributed by atoms with Gasteiger partial charge in [-0.3, -0.25) is 9.59 Å². The fourth-order valence-corrected chi connectivity index (χ4v) is 3.42. The zero-order valence-corrected chi connectivity index (χ0v) is 19.7. The molecule has 1 aliphatic carbocycles. The van der Waals surface area contributed by atoms with E-state index >= 15 is 0 Å². The average Bonchev–Trinajstić information content (AvgIpc) is 2.84. The van der Waals surface area contributed by atoms with E-state index < -0.39 is 59.3 Å². The Hall–Kier alpha value is -2.74. The van der Waals surface area contributed by atoms with E-state index in [0.29, 0.717) is 6.42 Å². The summed E-state index contributed by atoms with van der Waals surface area (Å²) in [5.41, 5.74) is 1.73. The molecular formula is C30H38O2. The van der Waals surface area contributed by atoms with Crippen molar-refractivity contribution in [2.24, 2.45) is 0 Å². The van der Waals surface area contributed by atoms with Gasteiger partial charge in [-0.2, -0.15) is 0 Å². The molecule has 2 nitrogen and oxygen atoms in total. The van der Waals surface area contributed by atoms with Crippen molar-refractivity contribution in [2.75, 3.05) is 0 Å². The van der Waals surface area contributed by atoms with Crippen LogP contribution < -0.4 is 0 Å². The Kier molecular flexibility index (Phi) is 6.81. The zero-order valence-electron chi connectivity index (χ0n) is 26.7. The molecule has 170 valence electrons. The van der Waals surface area contributed by atoms with Gasteiger partial charge in [0.15, 0.2) is 11.6 Å². The smallest absolute Gasteiger partial charge is 0.190 e. The zero-order chi connectivity index (χ0) is 29.5. The summed E-state index contributed by atoms with van der Waals surface area (Å²) < 4.78 is 55.5. The van der Waals surface area contributed by atoms with Crippen LogP contribution in [0.15, 0.2) is 82.4 Å². The van der Waals surface area contributed by atoms with Crippen LogP contribution in [-0.4, -0.2) is 11.6 Å². The third-order valence-electron chi connectivity index (χ3n) is 5.39. The van der Waals surface area contributed by atoms with Crippen LogP contribution in [-0.2, 0) is 0 Å². The van der Waals surface area contributed by atoms with Crippen molar-refractivity contribution in [1.29, 1.82) is 0 Å². The number of hydrogen-bond acceptors (Lipinski definition) is 2. The lowest BCUT2D eigenvalue weighted by molar-refractivity contribution is 0.0973. The molecule has 1 aromatic rings. The summed E-state index contributed by atoms with van der Waals surface area (Å²) in [5, 5.41) is 0. The molecular weight excluding hydrogens is 392 g/mol. The summed E-state index contributed by atoms with van der Waals surface area (Å²) in [5.74, 6) is -1.88. The maximum Gasteiger partial charge on any atom is 0.190 e. The Morgan fingerprint density at radius 1 is 0.812 bits per heavy atom. The van der Waals surface area contributed by atoms with Gasteiger partial charge in [-0.05, 0) is 79.5 Å². The van der Waals surface area contributed by atoms with Gasteiger partial charge in [-0.25, -0.2) is 0 Å². The maximum atomic E-state index is 13.3. The van der Waals surface area contributed by atoms with Crippen molar-refractivity contribution in [3.8, 4) is 0 Å². The van der Waals surface area contributed by atoms with E-state index in [1.165, 1.54) is 11.1 Å². The first-order chi connectivity index (χ1) is 18.2. The van der Waals surface area contributed by atoms with E-state index in [4.69, 9.17) is 9.60 Å². The van der Waals surface area contributed by atoms with Crippen molar-refractivity contribution in [2.45, 2.75) is 79.5 Å². The first-order valence-corrected chi connectivity index (χ1v) is 11.2. The van der Waals surface area contributed by atoms with Crippen LogP contribution in [0.25, 0.3) is 0 Å². The molecule has 0 aromatic heterocycles. The number of benzene rings is 1. The second-order valence-corrected chi connectivity index (χ2v) is 8.47. The lowest BCUT2D eigenvalue weighted by Gasteiger charge is -2.18. The number of rotatable bonds is 11. The van der Waals surface area contributed by atoms with E-state index in [9.17, 15) is 9.59 Å². The number of ketones is 2. The van der Waals surface area contributed by atoms with Gasteiger partial charge >= 0.3 is 0 Å². The minimum Gasteiger partial charge on any atom is -0.289 e. The first-order valence-electron chi connectivity index (χ1n) is 14.7. The Morgan fingerprint density at radius 2 is 1.44 bits per heavy atom. The Balaban J connectivity index is 2.09. The quantitative estimate of drug-likeness (QED) is 0.257. The Labute approximate surface area is 204 Å². The standard InChI is InChI=1S/C30H38O2/c1-22(2)14-13-17-23(3)15-9-7-6-8-10-16-24(4)20-21-26-25(5)29(31)27-18-11-12-19-28(27)30(26)32/h6,8,11-12,14-15,18-20H,7,9-10,13,16-17,21H2,1-5H3/b8-6+,23-15+,24-20+/i5D3,11D,12D,18D,19D. The highest BCUT2D eigenvalue weighted by atomic mass is 16.1. The number of fused-ring (bicyclic) bond motifs is 1. The highest BCUT2D eigenvalue weighted by Gasteiger charge is 2.28. The summed E-state index contributed by atoms with van der Waals surface area (Å²) in [6, 6.07) is -2.64. The fourth-order valence-electron chi connectivity index (χ4n) is 3.42. The highest BCUT2D eigenvalue weighted by Crippen LogP contribution is 2.28. The molecule has 0 saturated heterocycles. The summed E-state index contributed by atoms with van der Waals surface area (Å²) in [6.07, 6.45) is 15.9. The lowest BCUT2D eigenvalue weighted by atomic mass is 9.83. The molecule has 0 heterocycles. The molecule has 1 aliphatic rings. The molecule has 1 aromatic carbocycles.